The summed E-state index contributed by atoms with van der Waals surface area (Å²) in [5.74, 6) is 0.997. The Morgan fingerprint density at radius 3 is 2.86 bits per heavy atom. The minimum absolute atomic E-state index is 0.0187. The second-order valence-corrected chi connectivity index (χ2v) is 5.45. The Morgan fingerprint density at radius 2 is 2.05 bits per heavy atom. The predicted octanol–water partition coefficient (Wildman–Crippen LogP) is 3.82. The molecule has 0 bridgehead atoms. The molecule has 0 saturated heterocycles. The number of hydrogen-bond acceptors (Lipinski definition) is 2. The third-order valence-electron chi connectivity index (χ3n) is 4.04. The zero-order valence-corrected chi connectivity index (χ0v) is 12.3. The first-order valence-electron chi connectivity index (χ1n) is 7.45. The minimum Gasteiger partial charge on any atom is -0.485 e. The number of nitrogens with zero attached hydrogens (tertiary/aromatic N) is 1. The highest BCUT2D eigenvalue weighted by Gasteiger charge is 2.19. The molecule has 21 heavy (non-hydrogen) atoms. The van der Waals surface area contributed by atoms with Crippen molar-refractivity contribution < 1.29 is 4.74 Å². The van der Waals surface area contributed by atoms with E-state index in [-0.39, 0.29) is 6.10 Å². The van der Waals surface area contributed by atoms with Crippen LogP contribution in [0, 0.1) is 0 Å². The van der Waals surface area contributed by atoms with Crippen LogP contribution in [0.3, 0.4) is 0 Å². The number of ether oxygens (including phenoxy) is 1. The van der Waals surface area contributed by atoms with Crippen LogP contribution >= 0.6 is 0 Å². The molecule has 0 spiro atoms. The Kier molecular flexibility index (Phi) is 4.07. The molecule has 0 aliphatic carbocycles. The Morgan fingerprint density at radius 1 is 1.19 bits per heavy atom. The molecule has 0 N–H and O–H groups in total. The van der Waals surface area contributed by atoms with Crippen molar-refractivity contribution >= 4 is 10.8 Å². The van der Waals surface area contributed by atoms with Crippen molar-refractivity contribution in [3.63, 3.8) is 0 Å². The quantitative estimate of drug-likeness (QED) is 0.792. The lowest BCUT2D eigenvalue weighted by molar-refractivity contribution is 0.163. The van der Waals surface area contributed by atoms with Crippen molar-refractivity contribution in [1.82, 2.24) is 4.90 Å². The molecule has 1 atom stereocenters. The average molecular weight is 279 g/mol. The Bertz CT molecular complexity index is 662. The summed E-state index contributed by atoms with van der Waals surface area (Å²) in [7, 11) is 0. The number of rotatable bonds is 3. The zero-order valence-electron chi connectivity index (χ0n) is 12.3. The first kappa shape index (κ1) is 13.9. The minimum atomic E-state index is 0.0187. The van der Waals surface area contributed by atoms with Crippen molar-refractivity contribution in [2.45, 2.75) is 12.5 Å². The van der Waals surface area contributed by atoms with Gasteiger partial charge in [-0.3, -0.25) is 4.90 Å². The standard InChI is InChI=1S/C19H21NO/c1-3-12-20-13-11-18-17-8-6-5-7-15(17)9-10-19(18)21-16(4-2)14-20/h3-10,16H,1-2,11-14H2/t16-/m1/s1. The lowest BCUT2D eigenvalue weighted by Gasteiger charge is -2.30. The number of fused-ring (bicyclic) bond motifs is 3. The van der Waals surface area contributed by atoms with E-state index >= 15 is 0 Å². The van der Waals surface area contributed by atoms with Crippen LogP contribution in [0.2, 0.25) is 0 Å². The Hall–Kier alpha value is -2.06. The van der Waals surface area contributed by atoms with Gasteiger partial charge in [-0.2, -0.15) is 0 Å². The molecule has 2 aromatic rings. The van der Waals surface area contributed by atoms with Gasteiger partial charge in [0, 0.05) is 25.2 Å². The van der Waals surface area contributed by atoms with Gasteiger partial charge in [0.05, 0.1) is 0 Å². The lowest BCUT2D eigenvalue weighted by atomic mass is 10.00. The van der Waals surface area contributed by atoms with Crippen LogP contribution in [0.1, 0.15) is 5.56 Å². The molecule has 0 unspecified atom stereocenters. The van der Waals surface area contributed by atoms with Crippen molar-refractivity contribution in [3.8, 4) is 5.75 Å². The predicted molar refractivity (Wildman–Crippen MR) is 88.9 cm³/mol. The van der Waals surface area contributed by atoms with E-state index < -0.39 is 0 Å². The second kappa shape index (κ2) is 6.15. The van der Waals surface area contributed by atoms with E-state index in [1.165, 1.54) is 16.3 Å². The lowest BCUT2D eigenvalue weighted by Crippen LogP contribution is -2.37. The molecular weight excluding hydrogens is 258 g/mol. The largest absolute Gasteiger partial charge is 0.485 e. The smallest absolute Gasteiger partial charge is 0.129 e. The molecule has 3 rings (SSSR count). The van der Waals surface area contributed by atoms with Gasteiger partial charge in [0.15, 0.2) is 0 Å². The van der Waals surface area contributed by atoms with Crippen molar-refractivity contribution in [1.29, 1.82) is 0 Å². The van der Waals surface area contributed by atoms with Crippen molar-refractivity contribution in [3.05, 3.63) is 67.3 Å². The molecule has 108 valence electrons. The van der Waals surface area contributed by atoms with E-state index in [1.54, 1.807) is 0 Å². The monoisotopic (exact) mass is 279 g/mol. The maximum absolute atomic E-state index is 6.18. The summed E-state index contributed by atoms with van der Waals surface area (Å²) in [5, 5.41) is 2.56. The molecule has 2 aromatic carbocycles. The summed E-state index contributed by atoms with van der Waals surface area (Å²) in [6.07, 6.45) is 4.85. The average Bonchev–Trinajstić information content (AvgIpc) is 2.50. The fraction of sp³-hybridized carbons (Fsp3) is 0.263. The normalized spacial score (nSPS) is 19.1. The van der Waals surface area contributed by atoms with E-state index in [2.05, 4.69) is 54.5 Å². The van der Waals surface area contributed by atoms with Gasteiger partial charge >= 0.3 is 0 Å². The van der Waals surface area contributed by atoms with Crippen LogP contribution in [0.25, 0.3) is 10.8 Å². The molecule has 0 amide bonds. The van der Waals surface area contributed by atoms with Crippen molar-refractivity contribution in [2.24, 2.45) is 0 Å². The zero-order chi connectivity index (χ0) is 14.7. The fourth-order valence-corrected chi connectivity index (χ4v) is 2.97. The van der Waals surface area contributed by atoms with Gasteiger partial charge in [0.1, 0.15) is 11.9 Å². The van der Waals surface area contributed by atoms with Crippen LogP contribution in [0.15, 0.2) is 61.7 Å². The van der Waals surface area contributed by atoms with Crippen LogP contribution in [0.5, 0.6) is 5.75 Å². The summed E-state index contributed by atoms with van der Waals surface area (Å²) in [6, 6.07) is 12.7. The SMILES string of the molecule is C=CCN1CCc2c(ccc3ccccc23)O[C@H](C=C)C1. The van der Waals surface area contributed by atoms with Crippen LogP contribution in [-0.4, -0.2) is 30.6 Å². The molecule has 0 saturated carbocycles. The molecular formula is C19H21NO. The van der Waals surface area contributed by atoms with Gasteiger partial charge < -0.3 is 4.74 Å². The molecule has 2 heteroatoms. The Balaban J connectivity index is 2.03. The van der Waals surface area contributed by atoms with Crippen LogP contribution in [-0.2, 0) is 6.42 Å². The highest BCUT2D eigenvalue weighted by molar-refractivity contribution is 5.87. The van der Waals surface area contributed by atoms with Gasteiger partial charge in [0.2, 0.25) is 0 Å². The number of benzene rings is 2. The van der Waals surface area contributed by atoms with E-state index in [0.717, 1.165) is 31.8 Å². The van der Waals surface area contributed by atoms with E-state index in [9.17, 15) is 0 Å². The fourth-order valence-electron chi connectivity index (χ4n) is 2.97. The van der Waals surface area contributed by atoms with Gasteiger partial charge in [0.25, 0.3) is 0 Å². The first-order chi connectivity index (χ1) is 10.3. The molecule has 1 aliphatic rings. The second-order valence-electron chi connectivity index (χ2n) is 5.45. The summed E-state index contributed by atoms with van der Waals surface area (Å²) in [6.45, 7) is 10.5. The molecule has 0 radical (unpaired) electrons. The topological polar surface area (TPSA) is 12.5 Å². The molecule has 0 fully saturated rings. The summed E-state index contributed by atoms with van der Waals surface area (Å²) in [4.78, 5) is 2.37. The van der Waals surface area contributed by atoms with Gasteiger partial charge in [-0.15, -0.1) is 6.58 Å². The van der Waals surface area contributed by atoms with Crippen LogP contribution in [0.4, 0.5) is 0 Å². The maximum Gasteiger partial charge on any atom is 0.129 e. The maximum atomic E-state index is 6.18. The van der Waals surface area contributed by atoms with E-state index in [4.69, 9.17) is 4.74 Å². The van der Waals surface area contributed by atoms with E-state index in [0.29, 0.717) is 0 Å². The molecule has 0 aromatic heterocycles. The summed E-state index contributed by atoms with van der Waals surface area (Å²) >= 11 is 0. The Labute approximate surface area is 126 Å². The molecule has 1 aliphatic heterocycles. The molecule has 1 heterocycles. The summed E-state index contributed by atoms with van der Waals surface area (Å²) in [5.41, 5.74) is 1.30. The third kappa shape index (κ3) is 2.86. The van der Waals surface area contributed by atoms with Gasteiger partial charge in [-0.25, -0.2) is 0 Å². The van der Waals surface area contributed by atoms with E-state index in [1.807, 2.05) is 12.2 Å². The van der Waals surface area contributed by atoms with Gasteiger partial charge in [-0.05, 0) is 23.3 Å². The first-order valence-corrected chi connectivity index (χ1v) is 7.45. The van der Waals surface area contributed by atoms with Gasteiger partial charge in [-0.1, -0.05) is 49.1 Å². The molecule has 2 nitrogen and oxygen atoms in total. The van der Waals surface area contributed by atoms with Crippen molar-refractivity contribution in [2.75, 3.05) is 19.6 Å². The highest BCUT2D eigenvalue weighted by atomic mass is 16.5. The summed E-state index contributed by atoms with van der Waals surface area (Å²) < 4.78 is 6.18. The highest BCUT2D eigenvalue weighted by Crippen LogP contribution is 2.30. The third-order valence-corrected chi connectivity index (χ3v) is 4.04. The number of hydrogen-bond donors (Lipinski definition) is 0. The van der Waals surface area contributed by atoms with Crippen LogP contribution < -0.4 is 4.74 Å².